The molecule has 0 unspecified atom stereocenters. The fourth-order valence-corrected chi connectivity index (χ4v) is 4.00. The molecule has 0 radical (unpaired) electrons. The second-order valence-electron chi connectivity index (χ2n) is 8.11. The van der Waals surface area contributed by atoms with Gasteiger partial charge in [0.1, 0.15) is 11.6 Å². The number of hydrogen-bond acceptors (Lipinski definition) is 4. The lowest BCUT2D eigenvalue weighted by molar-refractivity contribution is 0.0950. The highest BCUT2D eigenvalue weighted by Gasteiger charge is 2.18. The number of pyridine rings is 1. The molecule has 1 fully saturated rings. The van der Waals surface area contributed by atoms with Gasteiger partial charge in [-0.3, -0.25) is 14.2 Å². The van der Waals surface area contributed by atoms with Gasteiger partial charge in [0.15, 0.2) is 0 Å². The average Bonchev–Trinajstić information content (AvgIpc) is 2.79. The van der Waals surface area contributed by atoms with Gasteiger partial charge in [0.25, 0.3) is 11.5 Å². The smallest absolute Gasteiger partial charge is 0.263 e. The van der Waals surface area contributed by atoms with Crippen LogP contribution in [0.4, 0.5) is 8.78 Å². The molecule has 8 heteroatoms. The van der Waals surface area contributed by atoms with Crippen molar-refractivity contribution in [1.29, 1.82) is 0 Å². The number of rotatable bonds is 6. The largest absolute Gasteiger partial charge is 0.352 e. The molecule has 1 saturated heterocycles. The van der Waals surface area contributed by atoms with Gasteiger partial charge >= 0.3 is 0 Å². The van der Waals surface area contributed by atoms with Crippen LogP contribution in [0.25, 0.3) is 16.5 Å². The third-order valence-corrected chi connectivity index (χ3v) is 5.87. The lowest BCUT2D eigenvalue weighted by Crippen LogP contribution is -2.45. The molecule has 32 heavy (non-hydrogen) atoms. The summed E-state index contributed by atoms with van der Waals surface area (Å²) in [6.45, 7) is 5.50. The van der Waals surface area contributed by atoms with E-state index in [0.29, 0.717) is 17.3 Å². The molecule has 3 aromatic rings. The zero-order chi connectivity index (χ0) is 22.7. The second kappa shape index (κ2) is 9.58. The van der Waals surface area contributed by atoms with Gasteiger partial charge < -0.3 is 15.1 Å². The summed E-state index contributed by atoms with van der Waals surface area (Å²) in [6, 6.07) is 9.72. The highest BCUT2D eigenvalue weighted by molar-refractivity contribution is 6.06. The van der Waals surface area contributed by atoms with Crippen molar-refractivity contribution in [3.63, 3.8) is 0 Å². The van der Waals surface area contributed by atoms with Crippen molar-refractivity contribution < 1.29 is 13.6 Å². The number of carbonyl (C=O) groups is 1. The molecular weight excluding hydrogens is 414 g/mol. The number of hydrogen-bond donors (Lipinski definition) is 1. The van der Waals surface area contributed by atoms with Crippen molar-refractivity contribution in [1.82, 2.24) is 19.7 Å². The fraction of sp³-hybridized carbons (Fsp3) is 0.333. The number of nitrogens with one attached hydrogen (secondary N) is 1. The van der Waals surface area contributed by atoms with E-state index in [4.69, 9.17) is 0 Å². The van der Waals surface area contributed by atoms with Crippen molar-refractivity contribution >= 4 is 16.7 Å². The van der Waals surface area contributed by atoms with Crippen LogP contribution in [0, 0.1) is 11.6 Å². The first-order valence-corrected chi connectivity index (χ1v) is 10.7. The van der Waals surface area contributed by atoms with Crippen LogP contribution >= 0.6 is 0 Å². The minimum Gasteiger partial charge on any atom is -0.352 e. The molecule has 1 N–H and O–H groups in total. The van der Waals surface area contributed by atoms with Crippen molar-refractivity contribution in [2.24, 2.45) is 0 Å². The molecule has 1 aliphatic rings. The van der Waals surface area contributed by atoms with Gasteiger partial charge in [0, 0.05) is 55.8 Å². The molecular formula is C24H26F2N4O2. The predicted octanol–water partition coefficient (Wildman–Crippen LogP) is 2.64. The van der Waals surface area contributed by atoms with E-state index >= 15 is 0 Å². The summed E-state index contributed by atoms with van der Waals surface area (Å²) in [7, 11) is 2.11. The molecule has 6 nitrogen and oxygen atoms in total. The first-order chi connectivity index (χ1) is 15.4. The Kier molecular flexibility index (Phi) is 6.62. The average molecular weight is 440 g/mol. The summed E-state index contributed by atoms with van der Waals surface area (Å²) < 4.78 is 28.8. The third kappa shape index (κ3) is 4.71. The van der Waals surface area contributed by atoms with Crippen molar-refractivity contribution in [2.75, 3.05) is 46.3 Å². The van der Waals surface area contributed by atoms with Crippen molar-refractivity contribution in [3.8, 4) is 5.69 Å². The number of halogens is 2. The first kappa shape index (κ1) is 22.1. The van der Waals surface area contributed by atoms with Crippen LogP contribution in [-0.4, -0.2) is 66.6 Å². The monoisotopic (exact) mass is 440 g/mol. The van der Waals surface area contributed by atoms with Crippen LogP contribution < -0.4 is 10.9 Å². The van der Waals surface area contributed by atoms with Crippen molar-refractivity contribution in [3.05, 3.63) is 76.2 Å². The number of likely N-dealkylation sites (N-methyl/N-ethyl adjacent to an activating group) is 1. The topological polar surface area (TPSA) is 57.6 Å². The van der Waals surface area contributed by atoms with Gasteiger partial charge in [-0.05, 0) is 38.2 Å². The fourth-order valence-electron chi connectivity index (χ4n) is 4.00. The summed E-state index contributed by atoms with van der Waals surface area (Å²) >= 11 is 0. The Bertz CT molecular complexity index is 1190. The summed E-state index contributed by atoms with van der Waals surface area (Å²) in [4.78, 5) is 30.6. The highest BCUT2D eigenvalue weighted by Crippen LogP contribution is 2.19. The standard InChI is InChI=1S/C24H26F2N4O2/c1-28-11-13-29(14-12-28)10-4-9-27-23(31)20-16-30(22-8-7-17(25)15-21(22)26)24(32)19-6-3-2-5-18(19)20/h2-3,5-8,15-16H,4,9-14H2,1H3,(H,27,31). The minimum absolute atomic E-state index is 0.105. The predicted molar refractivity (Wildman–Crippen MR) is 120 cm³/mol. The van der Waals surface area contributed by atoms with E-state index in [1.807, 2.05) is 0 Å². The molecule has 168 valence electrons. The lowest BCUT2D eigenvalue weighted by atomic mass is 10.1. The maximum absolute atomic E-state index is 14.4. The van der Waals surface area contributed by atoms with E-state index in [0.717, 1.165) is 55.8 Å². The Hall–Kier alpha value is -3.10. The maximum atomic E-state index is 14.4. The molecule has 0 aliphatic carbocycles. The second-order valence-corrected chi connectivity index (χ2v) is 8.11. The Morgan fingerprint density at radius 2 is 1.75 bits per heavy atom. The van der Waals surface area contributed by atoms with Crippen LogP contribution in [0.3, 0.4) is 0 Å². The summed E-state index contributed by atoms with van der Waals surface area (Å²) in [5, 5.41) is 3.70. The minimum atomic E-state index is -0.874. The summed E-state index contributed by atoms with van der Waals surface area (Å²) in [5.74, 6) is -1.95. The molecule has 1 amide bonds. The van der Waals surface area contributed by atoms with Gasteiger partial charge in [-0.15, -0.1) is 0 Å². The number of benzene rings is 2. The van der Waals surface area contributed by atoms with Crippen LogP contribution in [0.2, 0.25) is 0 Å². The van der Waals surface area contributed by atoms with Gasteiger partial charge in [0.05, 0.1) is 11.3 Å². The van der Waals surface area contributed by atoms with E-state index in [1.165, 1.54) is 12.3 Å². The van der Waals surface area contributed by atoms with Crippen LogP contribution in [0.15, 0.2) is 53.5 Å². The molecule has 2 heterocycles. The summed E-state index contributed by atoms with van der Waals surface area (Å²) in [6.07, 6.45) is 2.14. The van der Waals surface area contributed by atoms with Crippen LogP contribution in [-0.2, 0) is 0 Å². The quantitative estimate of drug-likeness (QED) is 0.599. The maximum Gasteiger partial charge on any atom is 0.263 e. The Labute approximate surface area is 185 Å². The SMILES string of the molecule is CN1CCN(CCCNC(=O)c2cn(-c3ccc(F)cc3F)c(=O)c3ccccc23)CC1. The number of fused-ring (bicyclic) bond motifs is 1. The lowest BCUT2D eigenvalue weighted by Gasteiger charge is -2.32. The number of carbonyl (C=O) groups excluding carboxylic acids is 1. The summed E-state index contributed by atoms with van der Waals surface area (Å²) in [5.41, 5.74) is -0.312. The van der Waals surface area contributed by atoms with Gasteiger partial charge in [-0.1, -0.05) is 18.2 Å². The Morgan fingerprint density at radius 3 is 2.47 bits per heavy atom. The first-order valence-electron chi connectivity index (χ1n) is 10.7. The van der Waals surface area contributed by atoms with E-state index in [2.05, 4.69) is 22.2 Å². The number of nitrogens with zero attached hydrogens (tertiary/aromatic N) is 3. The van der Waals surface area contributed by atoms with E-state index in [-0.39, 0.29) is 17.2 Å². The molecule has 0 saturated carbocycles. The Morgan fingerprint density at radius 1 is 1.03 bits per heavy atom. The molecule has 0 bridgehead atoms. The van der Waals surface area contributed by atoms with Gasteiger partial charge in [-0.2, -0.15) is 0 Å². The van der Waals surface area contributed by atoms with Gasteiger partial charge in [0.2, 0.25) is 0 Å². The van der Waals surface area contributed by atoms with E-state index < -0.39 is 17.2 Å². The number of amides is 1. The zero-order valence-electron chi connectivity index (χ0n) is 18.0. The third-order valence-electron chi connectivity index (χ3n) is 5.87. The molecule has 0 atom stereocenters. The molecule has 0 spiro atoms. The van der Waals surface area contributed by atoms with E-state index in [9.17, 15) is 18.4 Å². The van der Waals surface area contributed by atoms with Crippen LogP contribution in [0.1, 0.15) is 16.8 Å². The number of aromatic nitrogens is 1. The molecule has 1 aromatic heterocycles. The highest BCUT2D eigenvalue weighted by atomic mass is 19.1. The van der Waals surface area contributed by atoms with E-state index in [1.54, 1.807) is 24.3 Å². The normalized spacial score (nSPS) is 15.2. The Balaban J connectivity index is 1.55. The number of piperazine rings is 1. The molecule has 4 rings (SSSR count). The zero-order valence-corrected chi connectivity index (χ0v) is 18.0. The van der Waals surface area contributed by atoms with Crippen molar-refractivity contribution in [2.45, 2.75) is 6.42 Å². The molecule has 2 aromatic carbocycles. The van der Waals surface area contributed by atoms with Gasteiger partial charge in [-0.25, -0.2) is 8.78 Å². The van der Waals surface area contributed by atoms with Crippen LogP contribution in [0.5, 0.6) is 0 Å². The molecule has 1 aliphatic heterocycles.